The lowest BCUT2D eigenvalue weighted by atomic mass is 10.2. The van der Waals surface area contributed by atoms with Gasteiger partial charge in [0.25, 0.3) is 0 Å². The third-order valence-corrected chi connectivity index (χ3v) is 5.92. The third kappa shape index (κ3) is 5.32. The topological polar surface area (TPSA) is 86.1 Å². The van der Waals surface area contributed by atoms with E-state index in [2.05, 4.69) is 29.4 Å². The van der Waals surface area contributed by atoms with E-state index in [9.17, 15) is 9.59 Å². The van der Waals surface area contributed by atoms with E-state index in [4.69, 9.17) is 4.74 Å². The maximum Gasteiger partial charge on any atom is 0.341 e. The van der Waals surface area contributed by atoms with Gasteiger partial charge in [-0.15, -0.1) is 21.5 Å². The maximum atomic E-state index is 12.4. The van der Waals surface area contributed by atoms with Crippen LogP contribution in [0.2, 0.25) is 0 Å². The summed E-state index contributed by atoms with van der Waals surface area (Å²) >= 11 is 2.75. The Labute approximate surface area is 167 Å². The maximum absolute atomic E-state index is 12.4. The number of carbonyl (C=O) groups is 2. The highest BCUT2D eigenvalue weighted by molar-refractivity contribution is 7.99. The number of hydrogen-bond acceptors (Lipinski definition) is 7. The molecule has 2 aromatic rings. The number of thioether (sulfide) groups is 1. The predicted molar refractivity (Wildman–Crippen MR) is 109 cm³/mol. The first-order valence-corrected chi connectivity index (χ1v) is 10.9. The van der Waals surface area contributed by atoms with Gasteiger partial charge in [0.2, 0.25) is 5.91 Å². The smallest absolute Gasteiger partial charge is 0.341 e. The molecule has 9 heteroatoms. The summed E-state index contributed by atoms with van der Waals surface area (Å²) in [6.45, 7) is 10.2. The normalized spacial score (nSPS) is 11.0. The SMILES string of the molecule is CCOC(=O)c1cc(CC)sc1NC(=O)CSc1nnc(CC)n1C(C)C. The van der Waals surface area contributed by atoms with E-state index >= 15 is 0 Å². The number of nitrogens with one attached hydrogen (secondary N) is 1. The van der Waals surface area contributed by atoms with Crippen molar-refractivity contribution in [3.8, 4) is 0 Å². The summed E-state index contributed by atoms with van der Waals surface area (Å²) in [5.74, 6) is 0.495. The van der Waals surface area contributed by atoms with Gasteiger partial charge in [0.1, 0.15) is 10.8 Å². The van der Waals surface area contributed by atoms with E-state index in [0.717, 1.165) is 28.7 Å². The van der Waals surface area contributed by atoms with Gasteiger partial charge in [-0.25, -0.2) is 4.79 Å². The Kier molecular flexibility index (Phi) is 7.85. The van der Waals surface area contributed by atoms with Gasteiger partial charge in [0.05, 0.1) is 17.9 Å². The van der Waals surface area contributed by atoms with Gasteiger partial charge in [-0.1, -0.05) is 25.6 Å². The molecule has 0 saturated heterocycles. The highest BCUT2D eigenvalue weighted by atomic mass is 32.2. The highest BCUT2D eigenvalue weighted by Gasteiger charge is 2.20. The molecule has 27 heavy (non-hydrogen) atoms. The molecule has 0 fully saturated rings. The van der Waals surface area contributed by atoms with Crippen molar-refractivity contribution in [2.45, 2.75) is 58.7 Å². The number of anilines is 1. The molecule has 7 nitrogen and oxygen atoms in total. The Bertz CT molecular complexity index is 799. The Morgan fingerprint density at radius 3 is 2.59 bits per heavy atom. The number of aromatic nitrogens is 3. The van der Waals surface area contributed by atoms with Gasteiger partial charge < -0.3 is 14.6 Å². The summed E-state index contributed by atoms with van der Waals surface area (Å²) in [4.78, 5) is 25.6. The van der Waals surface area contributed by atoms with Crippen molar-refractivity contribution in [3.63, 3.8) is 0 Å². The molecular weight excluding hydrogens is 384 g/mol. The highest BCUT2D eigenvalue weighted by Crippen LogP contribution is 2.30. The molecule has 0 radical (unpaired) electrons. The summed E-state index contributed by atoms with van der Waals surface area (Å²) in [5, 5.41) is 12.5. The van der Waals surface area contributed by atoms with Crippen LogP contribution in [-0.2, 0) is 22.4 Å². The third-order valence-electron chi connectivity index (χ3n) is 3.78. The molecule has 1 N–H and O–H groups in total. The van der Waals surface area contributed by atoms with E-state index in [0.29, 0.717) is 17.2 Å². The number of esters is 1. The Morgan fingerprint density at radius 1 is 1.26 bits per heavy atom. The minimum atomic E-state index is -0.413. The Hall–Kier alpha value is -1.87. The van der Waals surface area contributed by atoms with Crippen molar-refractivity contribution in [2.75, 3.05) is 17.7 Å². The van der Waals surface area contributed by atoms with Crippen molar-refractivity contribution in [3.05, 3.63) is 22.3 Å². The minimum Gasteiger partial charge on any atom is -0.462 e. The van der Waals surface area contributed by atoms with Crippen LogP contribution >= 0.6 is 23.1 Å². The van der Waals surface area contributed by atoms with E-state index in [-0.39, 0.29) is 17.7 Å². The first-order valence-electron chi connectivity index (χ1n) is 9.07. The van der Waals surface area contributed by atoms with E-state index in [1.165, 1.54) is 23.1 Å². The van der Waals surface area contributed by atoms with Crippen molar-refractivity contribution < 1.29 is 14.3 Å². The molecule has 0 unspecified atom stereocenters. The molecule has 0 aromatic carbocycles. The molecule has 2 heterocycles. The van der Waals surface area contributed by atoms with Crippen LogP contribution in [0.25, 0.3) is 0 Å². The standard InChI is InChI=1S/C18H26N4O3S2/c1-6-12-9-13(17(24)25-8-3)16(27-12)19-15(23)10-26-18-21-20-14(7-2)22(18)11(4)5/h9,11H,6-8,10H2,1-5H3,(H,19,23). The largest absolute Gasteiger partial charge is 0.462 e. The molecule has 0 aliphatic heterocycles. The van der Waals surface area contributed by atoms with Crippen LogP contribution in [0.3, 0.4) is 0 Å². The van der Waals surface area contributed by atoms with Crippen molar-refractivity contribution >= 4 is 40.0 Å². The monoisotopic (exact) mass is 410 g/mol. The van der Waals surface area contributed by atoms with Crippen LogP contribution in [0.15, 0.2) is 11.2 Å². The van der Waals surface area contributed by atoms with Crippen LogP contribution in [0.4, 0.5) is 5.00 Å². The number of hydrogen-bond donors (Lipinski definition) is 1. The van der Waals surface area contributed by atoms with Gasteiger partial charge in [-0.05, 0) is 33.3 Å². The van der Waals surface area contributed by atoms with Crippen molar-refractivity contribution in [1.29, 1.82) is 0 Å². The van der Waals surface area contributed by atoms with E-state index in [1.54, 1.807) is 13.0 Å². The fraction of sp³-hybridized carbons (Fsp3) is 0.556. The first-order chi connectivity index (χ1) is 12.9. The quantitative estimate of drug-likeness (QED) is 0.497. The zero-order valence-electron chi connectivity index (χ0n) is 16.4. The fourth-order valence-electron chi connectivity index (χ4n) is 2.53. The van der Waals surface area contributed by atoms with Crippen LogP contribution in [-0.4, -0.2) is 39.0 Å². The molecular formula is C18H26N4O3S2. The summed E-state index contributed by atoms with van der Waals surface area (Å²) < 4.78 is 7.13. The summed E-state index contributed by atoms with van der Waals surface area (Å²) in [5.41, 5.74) is 0.413. The van der Waals surface area contributed by atoms with Gasteiger partial charge >= 0.3 is 5.97 Å². The van der Waals surface area contributed by atoms with Crippen LogP contribution < -0.4 is 5.32 Å². The van der Waals surface area contributed by atoms with E-state index in [1.807, 2.05) is 18.4 Å². The molecule has 2 rings (SSSR count). The molecule has 0 aliphatic rings. The number of nitrogens with zero attached hydrogens (tertiary/aromatic N) is 3. The lowest BCUT2D eigenvalue weighted by molar-refractivity contribution is -0.113. The molecule has 0 atom stereocenters. The average Bonchev–Trinajstić information content (AvgIpc) is 3.23. The molecule has 0 saturated carbocycles. The lowest BCUT2D eigenvalue weighted by Crippen LogP contribution is -2.16. The van der Waals surface area contributed by atoms with Crippen LogP contribution in [0.5, 0.6) is 0 Å². The number of amides is 1. The second-order valence-electron chi connectivity index (χ2n) is 6.08. The van der Waals surface area contributed by atoms with Gasteiger partial charge in [-0.3, -0.25) is 4.79 Å². The van der Waals surface area contributed by atoms with Crippen LogP contribution in [0, 0.1) is 0 Å². The number of aryl methyl sites for hydroxylation is 2. The Morgan fingerprint density at radius 2 is 2.00 bits per heavy atom. The number of carbonyl (C=O) groups excluding carboxylic acids is 2. The first kappa shape index (κ1) is 21.4. The molecule has 1 amide bonds. The van der Waals surface area contributed by atoms with Gasteiger partial charge in [-0.2, -0.15) is 0 Å². The molecule has 148 valence electrons. The second-order valence-corrected chi connectivity index (χ2v) is 8.16. The van der Waals surface area contributed by atoms with Crippen LogP contribution in [0.1, 0.15) is 61.7 Å². The summed E-state index contributed by atoms with van der Waals surface area (Å²) in [7, 11) is 0. The molecule has 0 spiro atoms. The number of ether oxygens (including phenoxy) is 1. The summed E-state index contributed by atoms with van der Waals surface area (Å²) in [6, 6.07) is 2.01. The van der Waals surface area contributed by atoms with E-state index < -0.39 is 5.97 Å². The second kappa shape index (κ2) is 9.89. The zero-order chi connectivity index (χ0) is 20.0. The lowest BCUT2D eigenvalue weighted by Gasteiger charge is -2.12. The predicted octanol–water partition coefficient (Wildman–Crippen LogP) is 3.95. The molecule has 0 bridgehead atoms. The fourth-order valence-corrected chi connectivity index (χ4v) is 4.41. The minimum absolute atomic E-state index is 0.189. The van der Waals surface area contributed by atoms with Gasteiger partial charge in [0, 0.05) is 17.3 Å². The van der Waals surface area contributed by atoms with Gasteiger partial charge in [0.15, 0.2) is 5.16 Å². The molecule has 2 aromatic heterocycles. The zero-order valence-corrected chi connectivity index (χ0v) is 18.0. The van der Waals surface area contributed by atoms with Crippen molar-refractivity contribution in [2.24, 2.45) is 0 Å². The number of rotatable bonds is 9. The summed E-state index contributed by atoms with van der Waals surface area (Å²) in [6.07, 6.45) is 1.58. The van der Waals surface area contributed by atoms with Crippen molar-refractivity contribution in [1.82, 2.24) is 14.8 Å². The molecule has 0 aliphatic carbocycles. The number of thiophene rings is 1. The Balaban J connectivity index is 2.07. The average molecular weight is 411 g/mol.